The summed E-state index contributed by atoms with van der Waals surface area (Å²) in [5.41, 5.74) is 7.31. The van der Waals surface area contributed by atoms with E-state index in [1.54, 1.807) is 16.4 Å². The van der Waals surface area contributed by atoms with Crippen LogP contribution in [0, 0.1) is 0 Å². The van der Waals surface area contributed by atoms with E-state index in [-0.39, 0.29) is 40.0 Å². The Labute approximate surface area is 242 Å². The third-order valence-corrected chi connectivity index (χ3v) is 9.30. The summed E-state index contributed by atoms with van der Waals surface area (Å²) in [6.45, 7) is 0.339. The van der Waals surface area contributed by atoms with Crippen LogP contribution in [0.1, 0.15) is 31.4 Å². The van der Waals surface area contributed by atoms with Crippen molar-refractivity contribution in [3.63, 3.8) is 0 Å². The van der Waals surface area contributed by atoms with Crippen LogP contribution < -0.4 is 16.0 Å². The summed E-state index contributed by atoms with van der Waals surface area (Å²) in [7, 11) is 0. The number of carboxylic acids is 1. The number of β-lactam (4-membered cyclic amide) rings is 2. The minimum Gasteiger partial charge on any atom is -0.477 e. The van der Waals surface area contributed by atoms with E-state index in [2.05, 4.69) is 15.5 Å². The number of benzene rings is 1. The topological polar surface area (TPSA) is 168 Å². The second-order valence-electron chi connectivity index (χ2n) is 9.96. The molecule has 0 unspecified atom stereocenters. The third kappa shape index (κ3) is 5.08. The van der Waals surface area contributed by atoms with Gasteiger partial charge in [0, 0.05) is 22.4 Å². The van der Waals surface area contributed by atoms with Gasteiger partial charge in [0.25, 0.3) is 17.7 Å². The van der Waals surface area contributed by atoms with Gasteiger partial charge in [-0.25, -0.2) is 9.78 Å². The number of nitrogens with zero attached hydrogens (tertiary/aromatic N) is 4. The highest BCUT2D eigenvalue weighted by molar-refractivity contribution is 8.00. The molecule has 3 amide bonds. The van der Waals surface area contributed by atoms with Gasteiger partial charge in [-0.1, -0.05) is 23.4 Å². The van der Waals surface area contributed by atoms with Crippen LogP contribution in [0.5, 0.6) is 0 Å². The molecule has 14 heteroatoms. The maximum atomic E-state index is 13.3. The molecular formula is C27H26N6O6S2. The summed E-state index contributed by atoms with van der Waals surface area (Å²) in [6, 6.07) is 8.21. The molecule has 12 nitrogen and oxygen atoms in total. The average molecular weight is 595 g/mol. The summed E-state index contributed by atoms with van der Waals surface area (Å²) in [4.78, 5) is 64.0. The fraction of sp³-hybridized carbons (Fsp3) is 0.333. The minimum absolute atomic E-state index is 0.0946. The summed E-state index contributed by atoms with van der Waals surface area (Å²) in [5, 5.41) is 18.0. The molecule has 0 bridgehead atoms. The van der Waals surface area contributed by atoms with Crippen molar-refractivity contribution in [2.75, 3.05) is 22.9 Å². The lowest BCUT2D eigenvalue weighted by molar-refractivity contribution is -0.150. The van der Waals surface area contributed by atoms with Crippen LogP contribution in [0.15, 0.2) is 63.8 Å². The Morgan fingerprint density at radius 2 is 1.95 bits per heavy atom. The SMILES string of the molecule is Nc1nc(/C(=N/OC2CCCC2)C(=O)N[C@@H]2C(=O)N3C(C(=O)O)=C(C=C4CN(c5ccccc5)C4=O)CS[C@H]23)cs1. The van der Waals surface area contributed by atoms with Gasteiger partial charge >= 0.3 is 5.97 Å². The molecule has 2 atom stereocenters. The van der Waals surface area contributed by atoms with Crippen LogP contribution in [0.2, 0.25) is 0 Å². The van der Waals surface area contributed by atoms with Gasteiger partial charge in [0.1, 0.15) is 28.9 Å². The second kappa shape index (κ2) is 11.0. The second-order valence-corrected chi connectivity index (χ2v) is 12.0. The van der Waals surface area contributed by atoms with Crippen molar-refractivity contribution in [2.45, 2.75) is 43.2 Å². The Balaban J connectivity index is 1.18. The number of thioether (sulfide) groups is 1. The van der Waals surface area contributed by atoms with Crippen molar-refractivity contribution in [1.82, 2.24) is 15.2 Å². The van der Waals surface area contributed by atoms with Gasteiger partial charge in [0.2, 0.25) is 0 Å². The van der Waals surface area contributed by atoms with Crippen molar-refractivity contribution in [3.05, 3.63) is 64.3 Å². The molecule has 1 aliphatic carbocycles. The molecule has 212 valence electrons. The summed E-state index contributed by atoms with van der Waals surface area (Å²) in [6.07, 6.45) is 5.19. The van der Waals surface area contributed by atoms with Gasteiger partial charge in [-0.2, -0.15) is 0 Å². The van der Waals surface area contributed by atoms with Gasteiger partial charge in [0.05, 0.1) is 6.54 Å². The molecule has 2 saturated heterocycles. The number of aromatic nitrogens is 1. The zero-order chi connectivity index (χ0) is 28.7. The number of carbonyl (C=O) groups is 4. The fourth-order valence-electron chi connectivity index (χ4n) is 5.21. The molecule has 1 saturated carbocycles. The predicted molar refractivity (Wildman–Crippen MR) is 153 cm³/mol. The Morgan fingerprint density at radius 1 is 1.20 bits per heavy atom. The molecular weight excluding hydrogens is 568 g/mol. The lowest BCUT2D eigenvalue weighted by atomic mass is 9.98. The zero-order valence-electron chi connectivity index (χ0n) is 21.7. The highest BCUT2D eigenvalue weighted by Crippen LogP contribution is 2.41. The number of allylic oxidation sites excluding steroid dienone is 1. The molecule has 41 heavy (non-hydrogen) atoms. The number of amides is 3. The molecule has 1 aromatic heterocycles. The molecule has 6 rings (SSSR count). The highest BCUT2D eigenvalue weighted by Gasteiger charge is 2.54. The maximum Gasteiger partial charge on any atom is 0.352 e. The number of oxime groups is 1. The number of rotatable bonds is 8. The van der Waals surface area contributed by atoms with Gasteiger partial charge in [-0.05, 0) is 49.5 Å². The lowest BCUT2D eigenvalue weighted by Crippen LogP contribution is -2.71. The van der Waals surface area contributed by atoms with E-state index < -0.39 is 29.2 Å². The fourth-order valence-corrected chi connectivity index (χ4v) is 7.07. The van der Waals surface area contributed by atoms with Crippen molar-refractivity contribution in [2.24, 2.45) is 5.16 Å². The number of hydrogen-bond acceptors (Lipinski definition) is 10. The van der Waals surface area contributed by atoms with Crippen LogP contribution in [-0.4, -0.2) is 74.2 Å². The number of para-hydroxylation sites is 1. The van der Waals surface area contributed by atoms with Crippen LogP contribution in [-0.2, 0) is 24.0 Å². The van der Waals surface area contributed by atoms with Gasteiger partial charge < -0.3 is 25.9 Å². The average Bonchev–Trinajstić information content (AvgIpc) is 3.65. The van der Waals surface area contributed by atoms with Crippen LogP contribution in [0.3, 0.4) is 0 Å². The summed E-state index contributed by atoms with van der Waals surface area (Å²) < 4.78 is 0. The quantitative estimate of drug-likeness (QED) is 0.179. The number of thiazole rings is 1. The van der Waals surface area contributed by atoms with E-state index in [1.807, 2.05) is 30.3 Å². The van der Waals surface area contributed by atoms with Gasteiger partial charge in [-0.3, -0.25) is 19.3 Å². The van der Waals surface area contributed by atoms with Crippen molar-refractivity contribution in [1.29, 1.82) is 0 Å². The molecule has 2 aromatic rings. The number of nitrogens with two attached hydrogens (primary N) is 1. The summed E-state index contributed by atoms with van der Waals surface area (Å²) in [5.74, 6) is -2.48. The van der Waals surface area contributed by atoms with E-state index in [0.29, 0.717) is 17.7 Å². The van der Waals surface area contributed by atoms with E-state index in [9.17, 15) is 24.3 Å². The first-order chi connectivity index (χ1) is 19.8. The first kappa shape index (κ1) is 27.0. The maximum absolute atomic E-state index is 13.3. The van der Waals surface area contributed by atoms with Crippen LogP contribution in [0.25, 0.3) is 0 Å². The first-order valence-electron chi connectivity index (χ1n) is 13.1. The highest BCUT2D eigenvalue weighted by atomic mass is 32.2. The van der Waals surface area contributed by atoms with Crippen molar-refractivity contribution < 1.29 is 29.1 Å². The van der Waals surface area contributed by atoms with Crippen LogP contribution >= 0.6 is 23.1 Å². The Kier molecular flexibility index (Phi) is 7.26. The molecule has 0 radical (unpaired) electrons. The number of aliphatic carboxylic acids is 1. The molecule has 3 fully saturated rings. The Hall–Kier alpha value is -4.17. The number of nitrogens with one attached hydrogen (secondary N) is 1. The van der Waals surface area contributed by atoms with E-state index >= 15 is 0 Å². The standard InChI is InChI=1S/C27H26N6O6S2/c28-27-29-18(13-41-27)19(31-39-17-8-4-5-9-17)22(34)30-20-24(36)33-21(26(37)38)15(12-40-25(20)33)10-14-11-32(23(14)35)16-6-2-1-3-7-16/h1-3,6-7,10,13,17,20,25H,4-5,8-9,11-12H2,(H2,28,29)(H,30,34)(H,37,38)/b14-10?,31-19-/t20-,25-/m1/s1. The molecule has 4 aliphatic rings. The molecule has 0 spiro atoms. The first-order valence-corrected chi connectivity index (χ1v) is 15.0. The normalized spacial score (nSPS) is 23.8. The number of anilines is 2. The summed E-state index contributed by atoms with van der Waals surface area (Å²) >= 11 is 2.46. The van der Waals surface area contributed by atoms with Gasteiger partial charge in [-0.15, -0.1) is 23.1 Å². The Bertz CT molecular complexity index is 1510. The molecule has 4 N–H and O–H groups in total. The number of fused-ring (bicyclic) bond motifs is 1. The van der Waals surface area contributed by atoms with E-state index in [4.69, 9.17) is 10.6 Å². The zero-order valence-corrected chi connectivity index (χ0v) is 23.3. The number of carboxylic acid groups (broad SMARTS) is 1. The minimum atomic E-state index is -1.28. The smallest absolute Gasteiger partial charge is 0.352 e. The molecule has 1 aromatic carbocycles. The van der Waals surface area contributed by atoms with Gasteiger partial charge in [0.15, 0.2) is 10.8 Å². The number of hydrogen-bond donors (Lipinski definition) is 3. The van der Waals surface area contributed by atoms with E-state index in [1.165, 1.54) is 16.7 Å². The molecule has 4 heterocycles. The molecule has 3 aliphatic heterocycles. The van der Waals surface area contributed by atoms with Crippen molar-refractivity contribution in [3.8, 4) is 0 Å². The lowest BCUT2D eigenvalue weighted by Gasteiger charge is -2.49. The third-order valence-electron chi connectivity index (χ3n) is 7.33. The van der Waals surface area contributed by atoms with Crippen LogP contribution in [0.4, 0.5) is 10.8 Å². The number of carbonyl (C=O) groups excluding carboxylic acids is 3. The predicted octanol–water partition coefficient (Wildman–Crippen LogP) is 2.10. The van der Waals surface area contributed by atoms with Crippen molar-refractivity contribution >= 4 is 63.3 Å². The van der Waals surface area contributed by atoms with E-state index in [0.717, 1.165) is 42.7 Å². The largest absolute Gasteiger partial charge is 0.477 e. The number of nitrogen functional groups attached to an aromatic ring is 1. The monoisotopic (exact) mass is 594 g/mol. The Morgan fingerprint density at radius 3 is 2.61 bits per heavy atom.